The second-order valence-electron chi connectivity index (χ2n) is 7.52. The minimum absolute atomic E-state index is 0.504. The van der Waals surface area contributed by atoms with E-state index in [1.165, 1.54) is 34.7 Å². The first kappa shape index (κ1) is 19.4. The van der Waals surface area contributed by atoms with Crippen molar-refractivity contribution in [2.24, 2.45) is 0 Å². The zero-order valence-corrected chi connectivity index (χ0v) is 16.6. The zero-order valence-electron chi connectivity index (χ0n) is 16.6. The van der Waals surface area contributed by atoms with Crippen LogP contribution in [0.4, 0.5) is 0 Å². The third-order valence-corrected chi connectivity index (χ3v) is 4.81. The Kier molecular flexibility index (Phi) is 7.29. The smallest absolute Gasteiger partial charge is 0.119 e. The van der Waals surface area contributed by atoms with Crippen molar-refractivity contribution >= 4 is 10.8 Å². The molecule has 0 aliphatic carbocycles. The van der Waals surface area contributed by atoms with Crippen molar-refractivity contribution in [2.45, 2.75) is 52.1 Å². The van der Waals surface area contributed by atoms with Crippen LogP contribution in [0.5, 0.6) is 5.75 Å². The molecule has 3 aromatic rings. The summed E-state index contributed by atoms with van der Waals surface area (Å²) in [5, 5.41) is 5.98. The van der Waals surface area contributed by atoms with Gasteiger partial charge in [0, 0.05) is 12.6 Å². The molecule has 3 rings (SSSR count). The molecule has 0 radical (unpaired) electrons. The van der Waals surface area contributed by atoms with Gasteiger partial charge in [0.05, 0.1) is 6.61 Å². The van der Waals surface area contributed by atoms with Crippen LogP contribution in [0.15, 0.2) is 66.7 Å². The fourth-order valence-corrected chi connectivity index (χ4v) is 3.24. The number of benzene rings is 3. The van der Waals surface area contributed by atoms with Gasteiger partial charge in [-0.15, -0.1) is 0 Å². The van der Waals surface area contributed by atoms with Crippen molar-refractivity contribution in [3.05, 3.63) is 77.9 Å². The molecule has 2 nitrogen and oxygen atoms in total. The highest BCUT2D eigenvalue weighted by atomic mass is 16.5. The number of hydrogen-bond acceptors (Lipinski definition) is 2. The van der Waals surface area contributed by atoms with Crippen molar-refractivity contribution in [1.29, 1.82) is 0 Å². The van der Waals surface area contributed by atoms with Crippen molar-refractivity contribution in [1.82, 2.24) is 5.32 Å². The Morgan fingerprint density at radius 2 is 1.56 bits per heavy atom. The van der Waals surface area contributed by atoms with Crippen LogP contribution in [0, 0.1) is 0 Å². The molecule has 1 N–H and O–H groups in total. The Balaban J connectivity index is 1.43. The van der Waals surface area contributed by atoms with Crippen LogP contribution < -0.4 is 10.1 Å². The van der Waals surface area contributed by atoms with E-state index in [1.54, 1.807) is 0 Å². The second kappa shape index (κ2) is 10.1. The van der Waals surface area contributed by atoms with E-state index in [4.69, 9.17) is 4.74 Å². The maximum Gasteiger partial charge on any atom is 0.119 e. The van der Waals surface area contributed by atoms with Gasteiger partial charge in [-0.2, -0.15) is 0 Å². The third kappa shape index (κ3) is 6.41. The lowest BCUT2D eigenvalue weighted by Crippen LogP contribution is -2.21. The van der Waals surface area contributed by atoms with Crippen LogP contribution in [0.1, 0.15) is 44.2 Å². The monoisotopic (exact) mass is 361 g/mol. The lowest BCUT2D eigenvalue weighted by Gasteiger charge is -2.10. The normalized spacial score (nSPS) is 11.2. The van der Waals surface area contributed by atoms with Gasteiger partial charge in [0.25, 0.3) is 0 Å². The van der Waals surface area contributed by atoms with Gasteiger partial charge in [-0.3, -0.25) is 0 Å². The van der Waals surface area contributed by atoms with E-state index in [9.17, 15) is 0 Å². The number of aryl methyl sites for hydroxylation is 1. The molecule has 0 spiro atoms. The van der Waals surface area contributed by atoms with Gasteiger partial charge < -0.3 is 10.1 Å². The van der Waals surface area contributed by atoms with Crippen molar-refractivity contribution in [3.8, 4) is 5.75 Å². The molecule has 0 saturated heterocycles. The van der Waals surface area contributed by atoms with E-state index in [1.807, 2.05) is 0 Å². The van der Waals surface area contributed by atoms with Crippen molar-refractivity contribution in [3.63, 3.8) is 0 Å². The van der Waals surface area contributed by atoms with E-state index in [2.05, 4.69) is 85.9 Å². The van der Waals surface area contributed by atoms with E-state index >= 15 is 0 Å². The van der Waals surface area contributed by atoms with Gasteiger partial charge in [0.15, 0.2) is 0 Å². The molecule has 0 aliphatic heterocycles. The Morgan fingerprint density at radius 1 is 0.778 bits per heavy atom. The van der Waals surface area contributed by atoms with Crippen molar-refractivity contribution < 1.29 is 4.74 Å². The van der Waals surface area contributed by atoms with Crippen molar-refractivity contribution in [2.75, 3.05) is 6.61 Å². The van der Waals surface area contributed by atoms with Crippen LogP contribution in [-0.2, 0) is 13.0 Å². The van der Waals surface area contributed by atoms with Crippen LogP contribution in [-0.4, -0.2) is 12.6 Å². The highest BCUT2D eigenvalue weighted by Crippen LogP contribution is 2.22. The molecule has 0 aromatic heterocycles. The quantitative estimate of drug-likeness (QED) is 0.439. The predicted octanol–water partition coefficient (Wildman–Crippen LogP) is 6.13. The van der Waals surface area contributed by atoms with E-state index in [0.29, 0.717) is 6.04 Å². The molecular formula is C25H31NO. The average molecular weight is 362 g/mol. The molecule has 0 amide bonds. The number of nitrogens with one attached hydrogen (secondary N) is 1. The number of fused-ring (bicyclic) bond motifs is 1. The molecular weight excluding hydrogens is 330 g/mol. The van der Waals surface area contributed by atoms with Gasteiger partial charge >= 0.3 is 0 Å². The lowest BCUT2D eigenvalue weighted by atomic mass is 10.1. The fraction of sp³-hybridized carbons (Fsp3) is 0.360. The summed E-state index contributed by atoms with van der Waals surface area (Å²) in [6.07, 6.45) is 4.68. The molecule has 2 heteroatoms. The van der Waals surface area contributed by atoms with E-state index in [-0.39, 0.29) is 0 Å². The topological polar surface area (TPSA) is 21.3 Å². The van der Waals surface area contributed by atoms with Gasteiger partial charge in [0.1, 0.15) is 5.75 Å². The Bertz CT molecular complexity index is 826. The lowest BCUT2D eigenvalue weighted by molar-refractivity contribution is 0.305. The van der Waals surface area contributed by atoms with Crippen LogP contribution >= 0.6 is 0 Å². The van der Waals surface area contributed by atoms with Gasteiger partial charge in [-0.25, -0.2) is 0 Å². The first-order valence-electron chi connectivity index (χ1n) is 10.1. The second-order valence-corrected chi connectivity index (χ2v) is 7.52. The van der Waals surface area contributed by atoms with Crippen LogP contribution in [0.25, 0.3) is 10.8 Å². The van der Waals surface area contributed by atoms with Crippen LogP contribution in [0.3, 0.4) is 0 Å². The molecule has 0 aliphatic rings. The van der Waals surface area contributed by atoms with E-state index in [0.717, 1.165) is 31.7 Å². The van der Waals surface area contributed by atoms with Crippen LogP contribution in [0.2, 0.25) is 0 Å². The molecule has 3 aromatic carbocycles. The molecule has 0 saturated carbocycles. The fourth-order valence-electron chi connectivity index (χ4n) is 3.24. The maximum atomic E-state index is 5.96. The maximum absolute atomic E-state index is 5.96. The molecule has 27 heavy (non-hydrogen) atoms. The summed E-state index contributed by atoms with van der Waals surface area (Å²) in [5.74, 6) is 0.971. The summed E-state index contributed by atoms with van der Waals surface area (Å²) in [6, 6.07) is 24.3. The third-order valence-electron chi connectivity index (χ3n) is 4.81. The minimum atomic E-state index is 0.504. The highest BCUT2D eigenvalue weighted by Gasteiger charge is 2.01. The molecule has 0 fully saturated rings. The summed E-state index contributed by atoms with van der Waals surface area (Å²) in [7, 11) is 0. The molecule has 142 valence electrons. The summed E-state index contributed by atoms with van der Waals surface area (Å²) in [5.41, 5.74) is 2.75. The average Bonchev–Trinajstić information content (AvgIpc) is 2.69. The zero-order chi connectivity index (χ0) is 18.9. The standard InChI is InChI=1S/C25H31NO/c1-20(2)26-19-22-12-13-24-18-25(15-14-23(24)17-22)27-16-8-4-7-11-21-9-5-3-6-10-21/h3,5-6,9-10,12-15,17-18,20,26H,4,7-8,11,16,19H2,1-2H3. The summed E-state index contributed by atoms with van der Waals surface area (Å²) in [6.45, 7) is 6.05. The number of ether oxygens (including phenoxy) is 1. The predicted molar refractivity (Wildman–Crippen MR) is 115 cm³/mol. The SMILES string of the molecule is CC(C)NCc1ccc2cc(OCCCCCc3ccccc3)ccc2c1. The Morgan fingerprint density at radius 3 is 2.37 bits per heavy atom. The summed E-state index contributed by atoms with van der Waals surface area (Å²) < 4.78 is 5.96. The van der Waals surface area contributed by atoms with Gasteiger partial charge in [0.2, 0.25) is 0 Å². The number of hydrogen-bond donors (Lipinski definition) is 1. The number of unbranched alkanes of at least 4 members (excludes halogenated alkanes) is 2. The molecule has 0 unspecified atom stereocenters. The number of rotatable bonds is 10. The molecule has 0 atom stereocenters. The highest BCUT2D eigenvalue weighted by molar-refractivity contribution is 5.84. The Labute approximate surface area is 163 Å². The summed E-state index contributed by atoms with van der Waals surface area (Å²) >= 11 is 0. The summed E-state index contributed by atoms with van der Waals surface area (Å²) in [4.78, 5) is 0. The first-order valence-corrected chi connectivity index (χ1v) is 10.1. The molecule has 0 heterocycles. The Hall–Kier alpha value is -2.32. The first-order chi connectivity index (χ1) is 13.2. The van der Waals surface area contributed by atoms with Gasteiger partial charge in [-0.05, 0) is 65.8 Å². The minimum Gasteiger partial charge on any atom is -0.494 e. The largest absolute Gasteiger partial charge is 0.494 e. The molecule has 0 bridgehead atoms. The van der Waals surface area contributed by atoms with Gasteiger partial charge in [-0.1, -0.05) is 62.4 Å². The van der Waals surface area contributed by atoms with E-state index < -0.39 is 0 Å².